The summed E-state index contributed by atoms with van der Waals surface area (Å²) in [7, 11) is 0. The Morgan fingerprint density at radius 3 is 2.41 bits per heavy atom. The molecule has 1 heterocycles. The standard InChI is InChI=1S/C27H34N4O2S/c1-4-5-6-10-13-25(33)31(21(3)22-11-8-7-9-12-22)19-18-24(32)28-27-30-29-26(34-27)23-16-14-20(2)15-17-23/h7-9,11-12,14-17,21H,4-6,10,13,18-19H2,1-3H3,(H,28,30,32)/t21-/m1/s1. The highest BCUT2D eigenvalue weighted by Gasteiger charge is 2.22. The Morgan fingerprint density at radius 1 is 0.971 bits per heavy atom. The molecule has 3 aromatic rings. The lowest BCUT2D eigenvalue weighted by molar-refractivity contribution is -0.134. The minimum atomic E-state index is -0.171. The van der Waals surface area contributed by atoms with Gasteiger partial charge in [-0.2, -0.15) is 0 Å². The van der Waals surface area contributed by atoms with Crippen LogP contribution in [0.25, 0.3) is 10.6 Å². The highest BCUT2D eigenvalue weighted by atomic mass is 32.1. The van der Waals surface area contributed by atoms with Gasteiger partial charge in [0.2, 0.25) is 16.9 Å². The third-order valence-electron chi connectivity index (χ3n) is 5.86. The van der Waals surface area contributed by atoms with E-state index in [2.05, 4.69) is 22.4 Å². The summed E-state index contributed by atoms with van der Waals surface area (Å²) < 4.78 is 0. The van der Waals surface area contributed by atoms with Crippen molar-refractivity contribution in [2.24, 2.45) is 0 Å². The molecule has 2 amide bonds. The zero-order valence-electron chi connectivity index (χ0n) is 20.3. The van der Waals surface area contributed by atoms with Crippen LogP contribution in [0, 0.1) is 6.92 Å². The summed E-state index contributed by atoms with van der Waals surface area (Å²) >= 11 is 1.34. The number of carbonyl (C=O) groups is 2. The molecule has 0 aliphatic heterocycles. The number of carbonyl (C=O) groups excluding carboxylic acids is 2. The number of hydrogen-bond acceptors (Lipinski definition) is 5. The molecule has 1 N–H and O–H groups in total. The molecule has 0 spiro atoms. The first-order chi connectivity index (χ1) is 16.5. The summed E-state index contributed by atoms with van der Waals surface area (Å²) in [6.07, 6.45) is 4.92. The van der Waals surface area contributed by atoms with Crippen molar-refractivity contribution in [3.63, 3.8) is 0 Å². The number of rotatable bonds is 12. The molecule has 0 saturated carbocycles. The second kappa shape index (κ2) is 13.0. The van der Waals surface area contributed by atoms with Gasteiger partial charge >= 0.3 is 0 Å². The molecular formula is C27H34N4O2S. The van der Waals surface area contributed by atoms with Crippen LogP contribution in [0.5, 0.6) is 0 Å². The SMILES string of the molecule is CCCCCCC(=O)N(CCC(=O)Nc1nnc(-c2ccc(C)cc2)s1)[C@H](C)c1ccccc1. The van der Waals surface area contributed by atoms with Crippen molar-refractivity contribution in [3.8, 4) is 10.6 Å². The Hall–Kier alpha value is -3.06. The number of aromatic nitrogens is 2. The molecule has 0 aliphatic carbocycles. The van der Waals surface area contributed by atoms with Gasteiger partial charge in [0, 0.05) is 24.9 Å². The molecule has 0 unspecified atom stereocenters. The smallest absolute Gasteiger partial charge is 0.227 e. The van der Waals surface area contributed by atoms with E-state index in [0.717, 1.165) is 41.8 Å². The van der Waals surface area contributed by atoms with E-state index in [1.165, 1.54) is 16.9 Å². The maximum Gasteiger partial charge on any atom is 0.227 e. The highest BCUT2D eigenvalue weighted by molar-refractivity contribution is 7.18. The first-order valence-corrected chi connectivity index (χ1v) is 12.8. The van der Waals surface area contributed by atoms with Crippen molar-refractivity contribution in [1.29, 1.82) is 0 Å². The molecule has 0 bridgehead atoms. The van der Waals surface area contributed by atoms with E-state index in [4.69, 9.17) is 0 Å². The van der Waals surface area contributed by atoms with E-state index in [-0.39, 0.29) is 24.3 Å². The molecule has 0 radical (unpaired) electrons. The second-order valence-corrected chi connectivity index (χ2v) is 9.54. The average molecular weight is 479 g/mol. The van der Waals surface area contributed by atoms with Crippen molar-refractivity contribution in [1.82, 2.24) is 15.1 Å². The van der Waals surface area contributed by atoms with Crippen LogP contribution in [-0.2, 0) is 9.59 Å². The monoisotopic (exact) mass is 478 g/mol. The highest BCUT2D eigenvalue weighted by Crippen LogP contribution is 2.27. The molecule has 1 aromatic heterocycles. The molecule has 0 saturated heterocycles. The molecule has 1 atom stereocenters. The largest absolute Gasteiger partial charge is 0.335 e. The van der Waals surface area contributed by atoms with Gasteiger partial charge in [0.1, 0.15) is 5.01 Å². The van der Waals surface area contributed by atoms with Gasteiger partial charge in [0.05, 0.1) is 6.04 Å². The molecule has 2 aromatic carbocycles. The van der Waals surface area contributed by atoms with Crippen molar-refractivity contribution in [2.75, 3.05) is 11.9 Å². The summed E-state index contributed by atoms with van der Waals surface area (Å²) in [5.74, 6) is -0.0755. The number of amides is 2. The maximum atomic E-state index is 13.1. The van der Waals surface area contributed by atoms with E-state index in [0.29, 0.717) is 18.1 Å². The number of anilines is 1. The van der Waals surface area contributed by atoms with Gasteiger partial charge in [-0.15, -0.1) is 10.2 Å². The number of benzene rings is 2. The Bertz CT molecular complexity index is 1050. The van der Waals surface area contributed by atoms with E-state index < -0.39 is 0 Å². The van der Waals surface area contributed by atoms with Crippen molar-refractivity contribution in [2.45, 2.75) is 65.3 Å². The van der Waals surface area contributed by atoms with Crippen LogP contribution in [-0.4, -0.2) is 33.5 Å². The first-order valence-electron chi connectivity index (χ1n) is 12.0. The zero-order chi connectivity index (χ0) is 24.3. The Balaban J connectivity index is 1.60. The molecular weight excluding hydrogens is 444 g/mol. The summed E-state index contributed by atoms with van der Waals surface area (Å²) in [6, 6.07) is 17.9. The van der Waals surface area contributed by atoms with Crippen LogP contribution in [0.4, 0.5) is 5.13 Å². The van der Waals surface area contributed by atoms with Crippen LogP contribution in [0.3, 0.4) is 0 Å². The fourth-order valence-corrected chi connectivity index (χ4v) is 4.55. The van der Waals surface area contributed by atoms with Gasteiger partial charge in [-0.1, -0.05) is 97.7 Å². The zero-order valence-corrected chi connectivity index (χ0v) is 21.1. The topological polar surface area (TPSA) is 75.2 Å². The normalized spacial score (nSPS) is 11.7. The predicted octanol–water partition coefficient (Wildman–Crippen LogP) is 6.40. The Labute approximate surface area is 206 Å². The maximum absolute atomic E-state index is 13.1. The van der Waals surface area contributed by atoms with Crippen molar-refractivity contribution in [3.05, 3.63) is 65.7 Å². The third-order valence-corrected chi connectivity index (χ3v) is 6.75. The van der Waals surface area contributed by atoms with E-state index >= 15 is 0 Å². The molecule has 34 heavy (non-hydrogen) atoms. The number of aryl methyl sites for hydroxylation is 1. The van der Waals surface area contributed by atoms with Gasteiger partial charge in [-0.05, 0) is 25.8 Å². The predicted molar refractivity (Wildman–Crippen MR) is 139 cm³/mol. The van der Waals surface area contributed by atoms with Gasteiger partial charge in [0.15, 0.2) is 0 Å². The lowest BCUT2D eigenvalue weighted by Crippen LogP contribution is -2.36. The summed E-state index contributed by atoms with van der Waals surface area (Å²) in [5.41, 5.74) is 3.22. The summed E-state index contributed by atoms with van der Waals surface area (Å²) in [4.78, 5) is 27.6. The number of nitrogens with zero attached hydrogens (tertiary/aromatic N) is 3. The van der Waals surface area contributed by atoms with E-state index in [1.807, 2.05) is 73.3 Å². The number of unbranched alkanes of at least 4 members (excludes halogenated alkanes) is 3. The third kappa shape index (κ3) is 7.48. The molecule has 7 heteroatoms. The van der Waals surface area contributed by atoms with Crippen molar-refractivity contribution >= 4 is 28.3 Å². The summed E-state index contributed by atoms with van der Waals surface area (Å²) in [5, 5.41) is 12.4. The number of nitrogens with one attached hydrogen (secondary N) is 1. The van der Waals surface area contributed by atoms with E-state index in [9.17, 15) is 9.59 Å². The fraction of sp³-hybridized carbons (Fsp3) is 0.407. The Kier molecular flexibility index (Phi) is 9.76. The number of hydrogen-bond donors (Lipinski definition) is 1. The lowest BCUT2D eigenvalue weighted by atomic mass is 10.1. The van der Waals surface area contributed by atoms with E-state index in [1.54, 1.807) is 0 Å². The summed E-state index contributed by atoms with van der Waals surface area (Å²) in [6.45, 7) is 6.58. The van der Waals surface area contributed by atoms with Gasteiger partial charge in [-0.3, -0.25) is 9.59 Å². The van der Waals surface area contributed by atoms with Gasteiger partial charge < -0.3 is 10.2 Å². The quantitative estimate of drug-likeness (QED) is 0.306. The minimum absolute atomic E-state index is 0.0951. The van der Waals surface area contributed by atoms with Gasteiger partial charge in [0.25, 0.3) is 0 Å². The molecule has 0 fully saturated rings. The van der Waals surface area contributed by atoms with Crippen LogP contribution >= 0.6 is 11.3 Å². The fourth-order valence-electron chi connectivity index (χ4n) is 3.78. The Morgan fingerprint density at radius 2 is 1.71 bits per heavy atom. The average Bonchev–Trinajstić information content (AvgIpc) is 3.31. The molecule has 3 rings (SSSR count). The lowest BCUT2D eigenvalue weighted by Gasteiger charge is -2.29. The van der Waals surface area contributed by atoms with Crippen LogP contribution < -0.4 is 5.32 Å². The second-order valence-electron chi connectivity index (χ2n) is 8.56. The molecule has 6 nitrogen and oxygen atoms in total. The van der Waals surface area contributed by atoms with Crippen molar-refractivity contribution < 1.29 is 9.59 Å². The molecule has 180 valence electrons. The molecule has 0 aliphatic rings. The minimum Gasteiger partial charge on any atom is -0.335 e. The van der Waals surface area contributed by atoms with Gasteiger partial charge in [-0.25, -0.2) is 0 Å². The van der Waals surface area contributed by atoms with Crippen LogP contribution in [0.2, 0.25) is 0 Å². The first kappa shape index (κ1) is 25.6. The van der Waals surface area contributed by atoms with Crippen LogP contribution in [0.15, 0.2) is 54.6 Å². The van der Waals surface area contributed by atoms with Crippen LogP contribution in [0.1, 0.15) is 69.5 Å².